The number of benzene rings is 2. The highest BCUT2D eigenvalue weighted by molar-refractivity contribution is 6.31. The van der Waals surface area contributed by atoms with Crippen molar-refractivity contribution in [3.63, 3.8) is 0 Å². The SMILES string of the molecule is C#CCNC(=O)CN1CCN(C(=O)Nc2ccc([C@H](C#N)c3ccccc3)c(Cl)c2)CC1. The average Bonchev–Trinajstić information content (AvgIpc) is 2.80. The van der Waals surface area contributed by atoms with Crippen molar-refractivity contribution in [2.75, 3.05) is 44.6 Å². The number of carbonyl (C=O) groups excluding carboxylic acids is 2. The van der Waals surface area contributed by atoms with Crippen LogP contribution in [0.2, 0.25) is 5.02 Å². The van der Waals surface area contributed by atoms with Crippen molar-refractivity contribution in [1.29, 1.82) is 5.26 Å². The Morgan fingerprint density at radius 1 is 1.12 bits per heavy atom. The van der Waals surface area contributed by atoms with E-state index in [4.69, 9.17) is 18.0 Å². The van der Waals surface area contributed by atoms with Crippen LogP contribution >= 0.6 is 11.6 Å². The molecule has 0 aliphatic carbocycles. The first-order valence-corrected chi connectivity index (χ1v) is 10.6. The molecule has 1 saturated heterocycles. The molecule has 0 unspecified atom stereocenters. The van der Waals surface area contributed by atoms with E-state index in [2.05, 4.69) is 22.6 Å². The summed E-state index contributed by atoms with van der Waals surface area (Å²) in [5.41, 5.74) is 2.11. The third-order valence-electron chi connectivity index (χ3n) is 5.24. The number of amides is 3. The molecule has 32 heavy (non-hydrogen) atoms. The van der Waals surface area contributed by atoms with Gasteiger partial charge in [-0.25, -0.2) is 4.79 Å². The summed E-state index contributed by atoms with van der Waals surface area (Å²) in [5.74, 6) is 1.76. The number of nitriles is 1. The lowest BCUT2D eigenvalue weighted by molar-refractivity contribution is -0.122. The van der Waals surface area contributed by atoms with E-state index in [1.165, 1.54) is 0 Å². The summed E-state index contributed by atoms with van der Waals surface area (Å²) >= 11 is 6.45. The van der Waals surface area contributed by atoms with E-state index in [1.54, 1.807) is 23.1 Å². The van der Waals surface area contributed by atoms with Crippen LogP contribution in [0.4, 0.5) is 10.5 Å². The monoisotopic (exact) mass is 449 g/mol. The fourth-order valence-electron chi connectivity index (χ4n) is 3.53. The van der Waals surface area contributed by atoms with Gasteiger partial charge in [-0.3, -0.25) is 9.69 Å². The minimum Gasteiger partial charge on any atom is -0.344 e. The molecule has 1 fully saturated rings. The molecule has 164 valence electrons. The highest BCUT2D eigenvalue weighted by atomic mass is 35.5. The maximum atomic E-state index is 12.6. The molecule has 0 aromatic heterocycles. The molecule has 8 heteroatoms. The number of anilines is 1. The molecule has 7 nitrogen and oxygen atoms in total. The van der Waals surface area contributed by atoms with E-state index < -0.39 is 5.92 Å². The Bertz CT molecular complexity index is 1040. The molecule has 1 heterocycles. The fourth-order valence-corrected chi connectivity index (χ4v) is 3.82. The number of hydrogen-bond acceptors (Lipinski definition) is 4. The quantitative estimate of drug-likeness (QED) is 0.664. The number of piperazine rings is 1. The summed E-state index contributed by atoms with van der Waals surface area (Å²) in [4.78, 5) is 28.1. The van der Waals surface area contributed by atoms with Crippen molar-refractivity contribution in [1.82, 2.24) is 15.1 Å². The van der Waals surface area contributed by atoms with E-state index in [0.29, 0.717) is 42.5 Å². The molecular weight excluding hydrogens is 426 g/mol. The average molecular weight is 450 g/mol. The molecule has 3 amide bonds. The third kappa shape index (κ3) is 6.01. The zero-order valence-electron chi connectivity index (χ0n) is 17.6. The topological polar surface area (TPSA) is 88.5 Å². The highest BCUT2D eigenvalue weighted by Gasteiger charge is 2.23. The zero-order valence-corrected chi connectivity index (χ0v) is 18.3. The maximum absolute atomic E-state index is 12.6. The van der Waals surface area contributed by atoms with Gasteiger partial charge in [-0.1, -0.05) is 53.9 Å². The van der Waals surface area contributed by atoms with E-state index in [-0.39, 0.29) is 25.0 Å². The predicted molar refractivity (Wildman–Crippen MR) is 124 cm³/mol. The number of nitrogens with one attached hydrogen (secondary N) is 2. The van der Waals surface area contributed by atoms with Crippen molar-refractivity contribution in [3.05, 3.63) is 64.7 Å². The second kappa shape index (κ2) is 11.2. The predicted octanol–water partition coefficient (Wildman–Crippen LogP) is 2.89. The van der Waals surface area contributed by atoms with Crippen molar-refractivity contribution in [2.45, 2.75) is 5.92 Å². The lowest BCUT2D eigenvalue weighted by Crippen LogP contribution is -2.52. The lowest BCUT2D eigenvalue weighted by Gasteiger charge is -2.34. The number of urea groups is 1. The normalized spacial score (nSPS) is 14.7. The molecular formula is C24H24ClN5O2. The zero-order chi connectivity index (χ0) is 22.9. The Morgan fingerprint density at radius 3 is 2.47 bits per heavy atom. The first-order valence-electron chi connectivity index (χ1n) is 10.2. The van der Waals surface area contributed by atoms with E-state index >= 15 is 0 Å². The van der Waals surface area contributed by atoms with E-state index in [9.17, 15) is 14.9 Å². The first kappa shape index (κ1) is 23.1. The Morgan fingerprint density at radius 2 is 1.84 bits per heavy atom. The number of rotatable bonds is 6. The molecule has 0 spiro atoms. The number of halogens is 1. The van der Waals surface area contributed by atoms with Gasteiger partial charge in [0.2, 0.25) is 5.91 Å². The number of hydrogen-bond donors (Lipinski definition) is 2. The minimum atomic E-state index is -0.487. The van der Waals surface area contributed by atoms with Gasteiger partial charge in [0.05, 0.1) is 25.1 Å². The van der Waals surface area contributed by atoms with Crippen molar-refractivity contribution in [2.24, 2.45) is 0 Å². The van der Waals surface area contributed by atoms with E-state index in [1.807, 2.05) is 35.2 Å². The lowest BCUT2D eigenvalue weighted by atomic mass is 9.92. The number of carbonyl (C=O) groups is 2. The summed E-state index contributed by atoms with van der Waals surface area (Å²) in [7, 11) is 0. The Balaban J connectivity index is 1.56. The van der Waals surface area contributed by atoms with Gasteiger partial charge in [0.15, 0.2) is 0 Å². The van der Waals surface area contributed by atoms with Crippen LogP contribution in [-0.4, -0.2) is 61.0 Å². The summed E-state index contributed by atoms with van der Waals surface area (Å²) in [6.45, 7) is 2.67. The second-order valence-corrected chi connectivity index (χ2v) is 7.79. The van der Waals surface area contributed by atoms with Crippen LogP contribution in [0.5, 0.6) is 0 Å². The molecule has 2 aromatic rings. The molecule has 1 aliphatic heterocycles. The van der Waals surface area contributed by atoms with Gasteiger partial charge >= 0.3 is 6.03 Å². The Kier molecular flexibility index (Phi) is 8.10. The Hall–Kier alpha value is -3.52. The minimum absolute atomic E-state index is 0.123. The molecule has 2 aromatic carbocycles. The van der Waals surface area contributed by atoms with Crippen LogP contribution in [0.15, 0.2) is 48.5 Å². The van der Waals surface area contributed by atoms with Gasteiger partial charge in [0.1, 0.15) is 0 Å². The van der Waals surface area contributed by atoms with Gasteiger partial charge in [-0.2, -0.15) is 5.26 Å². The van der Waals surface area contributed by atoms with Crippen LogP contribution < -0.4 is 10.6 Å². The van der Waals surface area contributed by atoms with Crippen molar-refractivity contribution < 1.29 is 9.59 Å². The molecule has 1 atom stereocenters. The number of nitrogens with zero attached hydrogens (tertiary/aromatic N) is 3. The highest BCUT2D eigenvalue weighted by Crippen LogP contribution is 2.31. The Labute approximate surface area is 192 Å². The van der Waals surface area contributed by atoms with Gasteiger partial charge in [-0.05, 0) is 23.3 Å². The van der Waals surface area contributed by atoms with Crippen LogP contribution in [-0.2, 0) is 4.79 Å². The molecule has 0 saturated carbocycles. The summed E-state index contributed by atoms with van der Waals surface area (Å²) in [6.07, 6.45) is 5.14. The van der Waals surface area contributed by atoms with Gasteiger partial charge in [0.25, 0.3) is 0 Å². The van der Waals surface area contributed by atoms with Gasteiger partial charge in [0, 0.05) is 36.9 Å². The van der Waals surface area contributed by atoms with E-state index in [0.717, 1.165) is 5.56 Å². The molecule has 3 rings (SSSR count). The van der Waals surface area contributed by atoms with Crippen LogP contribution in [0.3, 0.4) is 0 Å². The van der Waals surface area contributed by atoms with Gasteiger partial charge < -0.3 is 15.5 Å². The standard InChI is InChI=1S/C24H24ClN5O2/c1-2-10-27-23(31)17-29-11-13-30(14-12-29)24(32)28-19-8-9-20(22(25)15-19)21(16-26)18-6-4-3-5-7-18/h1,3-9,15,21H,10-14,17H2,(H,27,31)(H,28,32)/t21-/m1/s1. The van der Waals surface area contributed by atoms with Crippen molar-refractivity contribution in [3.8, 4) is 18.4 Å². The molecule has 0 radical (unpaired) electrons. The van der Waals surface area contributed by atoms with Crippen LogP contribution in [0.25, 0.3) is 0 Å². The summed E-state index contributed by atoms with van der Waals surface area (Å²) in [5, 5.41) is 15.6. The maximum Gasteiger partial charge on any atom is 0.321 e. The summed E-state index contributed by atoms with van der Waals surface area (Å²) < 4.78 is 0. The van der Waals surface area contributed by atoms with Crippen LogP contribution in [0.1, 0.15) is 17.0 Å². The second-order valence-electron chi connectivity index (χ2n) is 7.38. The van der Waals surface area contributed by atoms with Gasteiger partial charge in [-0.15, -0.1) is 6.42 Å². The smallest absolute Gasteiger partial charge is 0.321 e. The largest absolute Gasteiger partial charge is 0.344 e. The first-order chi connectivity index (χ1) is 15.5. The number of terminal acetylenes is 1. The molecule has 0 bridgehead atoms. The van der Waals surface area contributed by atoms with Crippen LogP contribution in [0, 0.1) is 23.7 Å². The fraction of sp³-hybridized carbons (Fsp3) is 0.292. The van der Waals surface area contributed by atoms with Crippen molar-refractivity contribution >= 4 is 29.2 Å². The third-order valence-corrected chi connectivity index (χ3v) is 5.57. The summed E-state index contributed by atoms with van der Waals surface area (Å²) in [6, 6.07) is 16.7. The molecule has 1 aliphatic rings. The molecule has 2 N–H and O–H groups in total.